The van der Waals surface area contributed by atoms with Gasteiger partial charge in [-0.05, 0) is 6.42 Å². The number of aromatic amines is 1. The molecule has 0 fully saturated rings. The Labute approximate surface area is 104 Å². The highest BCUT2D eigenvalue weighted by molar-refractivity contribution is 5.97. The lowest BCUT2D eigenvalue weighted by Gasteiger charge is -2.16. The number of amidine groups is 1. The predicted molar refractivity (Wildman–Crippen MR) is 66.6 cm³/mol. The van der Waals surface area contributed by atoms with Crippen LogP contribution >= 0.6 is 0 Å². The number of pyridine rings is 1. The van der Waals surface area contributed by atoms with Gasteiger partial charge >= 0.3 is 0 Å². The minimum absolute atomic E-state index is 0.00987. The molecule has 0 aliphatic carbocycles. The van der Waals surface area contributed by atoms with Crippen LogP contribution in [0.15, 0.2) is 28.4 Å². The first kappa shape index (κ1) is 13.8. The second-order valence-electron chi connectivity index (χ2n) is 3.76. The van der Waals surface area contributed by atoms with Crippen LogP contribution in [-0.2, 0) is 0 Å². The van der Waals surface area contributed by atoms with E-state index in [0.717, 1.165) is 6.42 Å². The lowest BCUT2D eigenvalue weighted by Crippen LogP contribution is -2.45. The summed E-state index contributed by atoms with van der Waals surface area (Å²) in [7, 11) is 0. The molecular formula is C11H16N4O3. The summed E-state index contributed by atoms with van der Waals surface area (Å²) in [6.45, 7) is 1.90. The molecule has 0 saturated heterocycles. The van der Waals surface area contributed by atoms with Gasteiger partial charge in [-0.15, -0.1) is 0 Å². The zero-order valence-electron chi connectivity index (χ0n) is 10.0. The van der Waals surface area contributed by atoms with Crippen molar-refractivity contribution in [3.8, 4) is 0 Å². The van der Waals surface area contributed by atoms with Gasteiger partial charge in [0, 0.05) is 18.5 Å². The van der Waals surface area contributed by atoms with E-state index < -0.39 is 11.9 Å². The molecule has 7 nitrogen and oxygen atoms in total. The van der Waals surface area contributed by atoms with Gasteiger partial charge in [0.2, 0.25) is 0 Å². The average molecular weight is 252 g/mol. The molecule has 18 heavy (non-hydrogen) atoms. The number of oxime groups is 1. The summed E-state index contributed by atoms with van der Waals surface area (Å²) in [6, 6.07) is 0.667. The van der Waals surface area contributed by atoms with E-state index in [4.69, 9.17) is 10.9 Å². The third-order valence-corrected chi connectivity index (χ3v) is 2.42. The second-order valence-corrected chi connectivity index (χ2v) is 3.76. The highest BCUT2D eigenvalue weighted by atomic mass is 16.4. The Balaban J connectivity index is 2.85. The molecule has 0 aliphatic heterocycles. The van der Waals surface area contributed by atoms with E-state index in [1.165, 1.54) is 18.5 Å². The number of carbonyl (C=O) groups excluding carboxylic acids is 1. The zero-order valence-corrected chi connectivity index (χ0v) is 10.0. The van der Waals surface area contributed by atoms with E-state index in [9.17, 15) is 9.59 Å². The van der Waals surface area contributed by atoms with Crippen LogP contribution in [0.2, 0.25) is 0 Å². The van der Waals surface area contributed by atoms with Crippen molar-refractivity contribution in [1.29, 1.82) is 0 Å². The molecular weight excluding hydrogens is 236 g/mol. The summed E-state index contributed by atoms with van der Waals surface area (Å²) in [6.07, 6.45) is 4.01. The number of nitrogens with one attached hydrogen (secondary N) is 2. The number of amides is 1. The number of nitrogens with two attached hydrogens (primary N) is 1. The number of nitrogens with zero attached hydrogens (tertiary/aromatic N) is 1. The van der Waals surface area contributed by atoms with Crippen molar-refractivity contribution in [3.63, 3.8) is 0 Å². The molecule has 5 N–H and O–H groups in total. The van der Waals surface area contributed by atoms with Crippen LogP contribution in [0.5, 0.6) is 0 Å². The van der Waals surface area contributed by atoms with Crippen molar-refractivity contribution < 1.29 is 10.0 Å². The van der Waals surface area contributed by atoms with Crippen LogP contribution in [0.25, 0.3) is 0 Å². The molecule has 7 heteroatoms. The molecule has 0 spiro atoms. The summed E-state index contributed by atoms with van der Waals surface area (Å²) in [5.41, 5.74) is 5.07. The van der Waals surface area contributed by atoms with Gasteiger partial charge in [0.05, 0.1) is 6.04 Å². The summed E-state index contributed by atoms with van der Waals surface area (Å²) in [5.74, 6) is -0.639. The maximum absolute atomic E-state index is 11.8. The largest absolute Gasteiger partial charge is 0.409 e. The Hall–Kier alpha value is -2.31. The van der Waals surface area contributed by atoms with E-state index in [0.29, 0.717) is 6.42 Å². The summed E-state index contributed by atoms with van der Waals surface area (Å²) < 4.78 is 0. The maximum atomic E-state index is 11.8. The molecule has 1 rings (SSSR count). The van der Waals surface area contributed by atoms with Crippen LogP contribution < -0.4 is 16.5 Å². The Morgan fingerprint density at radius 1 is 1.67 bits per heavy atom. The minimum Gasteiger partial charge on any atom is -0.409 e. The Kier molecular flexibility index (Phi) is 4.91. The maximum Gasteiger partial charge on any atom is 0.257 e. The molecule has 0 aliphatic rings. The fourth-order valence-electron chi connectivity index (χ4n) is 1.48. The summed E-state index contributed by atoms with van der Waals surface area (Å²) >= 11 is 0. The highest BCUT2D eigenvalue weighted by Gasteiger charge is 2.18. The predicted octanol–water partition coefficient (Wildman–Crippen LogP) is 0.0198. The molecule has 1 atom stereocenters. The third-order valence-electron chi connectivity index (χ3n) is 2.42. The first-order valence-corrected chi connectivity index (χ1v) is 5.55. The van der Waals surface area contributed by atoms with Gasteiger partial charge in [-0.2, -0.15) is 0 Å². The first-order valence-electron chi connectivity index (χ1n) is 5.55. The highest BCUT2D eigenvalue weighted by Crippen LogP contribution is 1.99. The van der Waals surface area contributed by atoms with E-state index in [2.05, 4.69) is 15.5 Å². The standard InChI is InChI=1S/C11H16N4O3/c1-2-3-8(10(12)15-18)14-11(17)7-6-13-5-4-9(7)16/h4-6,8,18H,2-3H2,1H3,(H2,12,15)(H,13,16)(H,14,17). The van der Waals surface area contributed by atoms with Gasteiger partial charge in [0.1, 0.15) is 5.56 Å². The minimum atomic E-state index is -0.591. The lowest BCUT2D eigenvalue weighted by molar-refractivity contribution is 0.0943. The third kappa shape index (κ3) is 3.34. The van der Waals surface area contributed by atoms with Crippen LogP contribution in [0.1, 0.15) is 30.1 Å². The monoisotopic (exact) mass is 252 g/mol. The number of aromatic nitrogens is 1. The smallest absolute Gasteiger partial charge is 0.257 e. The zero-order chi connectivity index (χ0) is 13.5. The normalized spacial score (nSPS) is 13.1. The van der Waals surface area contributed by atoms with Crippen molar-refractivity contribution in [2.75, 3.05) is 0 Å². The van der Waals surface area contributed by atoms with Gasteiger partial charge in [-0.3, -0.25) is 9.59 Å². The first-order chi connectivity index (χ1) is 8.60. The van der Waals surface area contributed by atoms with Crippen molar-refractivity contribution in [2.45, 2.75) is 25.8 Å². The Bertz CT molecular complexity index is 495. The van der Waals surface area contributed by atoms with E-state index in [-0.39, 0.29) is 16.8 Å². The van der Waals surface area contributed by atoms with Crippen molar-refractivity contribution >= 4 is 11.7 Å². The molecule has 0 radical (unpaired) electrons. The number of rotatable bonds is 5. The Morgan fingerprint density at radius 2 is 2.39 bits per heavy atom. The molecule has 1 aromatic rings. The van der Waals surface area contributed by atoms with E-state index in [1.54, 1.807) is 0 Å². The molecule has 1 aromatic heterocycles. The fourth-order valence-corrected chi connectivity index (χ4v) is 1.48. The van der Waals surface area contributed by atoms with Crippen LogP contribution in [0.3, 0.4) is 0 Å². The van der Waals surface area contributed by atoms with Crippen molar-refractivity contribution in [1.82, 2.24) is 10.3 Å². The quantitative estimate of drug-likeness (QED) is 0.255. The van der Waals surface area contributed by atoms with E-state index >= 15 is 0 Å². The lowest BCUT2D eigenvalue weighted by atomic mass is 10.1. The molecule has 1 heterocycles. The van der Waals surface area contributed by atoms with Gasteiger partial charge in [0.25, 0.3) is 5.91 Å². The van der Waals surface area contributed by atoms with Crippen molar-refractivity contribution in [3.05, 3.63) is 34.2 Å². The number of hydrogen-bond acceptors (Lipinski definition) is 4. The molecule has 0 saturated carbocycles. The molecule has 1 amide bonds. The summed E-state index contributed by atoms with van der Waals surface area (Å²) in [4.78, 5) is 26.0. The van der Waals surface area contributed by atoms with Gasteiger partial charge < -0.3 is 21.2 Å². The van der Waals surface area contributed by atoms with Gasteiger partial charge in [-0.25, -0.2) is 0 Å². The van der Waals surface area contributed by atoms with Crippen LogP contribution in [0.4, 0.5) is 0 Å². The fraction of sp³-hybridized carbons (Fsp3) is 0.364. The van der Waals surface area contributed by atoms with E-state index in [1.807, 2.05) is 6.92 Å². The van der Waals surface area contributed by atoms with Gasteiger partial charge in [-0.1, -0.05) is 18.5 Å². The van der Waals surface area contributed by atoms with Crippen LogP contribution in [0, 0.1) is 0 Å². The summed E-state index contributed by atoms with van der Waals surface area (Å²) in [5, 5.41) is 14.0. The topological polar surface area (TPSA) is 121 Å². The Morgan fingerprint density at radius 3 is 2.94 bits per heavy atom. The van der Waals surface area contributed by atoms with Crippen molar-refractivity contribution in [2.24, 2.45) is 10.9 Å². The molecule has 98 valence electrons. The molecule has 0 aromatic carbocycles. The number of carbonyl (C=O) groups is 1. The van der Waals surface area contributed by atoms with Gasteiger partial charge in [0.15, 0.2) is 11.3 Å². The number of H-pyrrole nitrogens is 1. The molecule has 1 unspecified atom stereocenters. The SMILES string of the molecule is CCCC(NC(=O)c1c[nH]ccc1=O)/C(N)=N/O. The second kappa shape index (κ2) is 6.43. The molecule has 0 bridgehead atoms. The van der Waals surface area contributed by atoms with Crippen LogP contribution in [-0.4, -0.2) is 28.0 Å². The average Bonchev–Trinajstić information content (AvgIpc) is 2.37. The number of hydrogen-bond donors (Lipinski definition) is 4.